The number of fused-ring (bicyclic) bond motifs is 1. The second-order valence-electron chi connectivity index (χ2n) is 7.31. The van der Waals surface area contributed by atoms with E-state index in [-0.39, 0.29) is 0 Å². The molecule has 1 N–H and O–H groups in total. The second kappa shape index (κ2) is 8.20. The first-order valence-corrected chi connectivity index (χ1v) is 10.5. The van der Waals surface area contributed by atoms with Crippen LogP contribution in [0.2, 0.25) is 5.02 Å². The highest BCUT2D eigenvalue weighted by atomic mass is 35.5. The summed E-state index contributed by atoms with van der Waals surface area (Å²) in [5.74, 6) is 1.58. The summed E-state index contributed by atoms with van der Waals surface area (Å²) in [5.41, 5.74) is 3.04. The number of nitrogens with zero attached hydrogens (tertiary/aromatic N) is 4. The zero-order valence-corrected chi connectivity index (χ0v) is 17.3. The number of anilines is 4. The molecule has 30 heavy (non-hydrogen) atoms. The monoisotopic (exact) mass is 415 g/mol. The number of piperazine rings is 1. The summed E-state index contributed by atoms with van der Waals surface area (Å²) < 4.78 is 0. The molecule has 3 aromatic carbocycles. The highest BCUT2D eigenvalue weighted by Gasteiger charge is 2.21. The summed E-state index contributed by atoms with van der Waals surface area (Å²) in [7, 11) is 0. The van der Waals surface area contributed by atoms with Crippen molar-refractivity contribution in [3.05, 3.63) is 83.9 Å². The maximum Gasteiger partial charge on any atom is 0.228 e. The molecule has 0 radical (unpaired) electrons. The van der Waals surface area contributed by atoms with Gasteiger partial charge in [0.05, 0.1) is 16.2 Å². The fraction of sp³-hybridized carbons (Fsp3) is 0.167. The predicted molar refractivity (Wildman–Crippen MR) is 125 cm³/mol. The van der Waals surface area contributed by atoms with E-state index in [1.165, 1.54) is 0 Å². The van der Waals surface area contributed by atoms with Crippen LogP contribution in [0, 0.1) is 0 Å². The van der Waals surface area contributed by atoms with Crippen molar-refractivity contribution < 1.29 is 0 Å². The minimum atomic E-state index is 0.755. The molecule has 1 fully saturated rings. The summed E-state index contributed by atoms with van der Waals surface area (Å²) in [6, 6.07) is 26.3. The van der Waals surface area contributed by atoms with Gasteiger partial charge in [-0.15, -0.1) is 0 Å². The number of hydrogen-bond acceptors (Lipinski definition) is 5. The molecule has 5 rings (SSSR count). The summed E-state index contributed by atoms with van der Waals surface area (Å²) >= 11 is 6.39. The van der Waals surface area contributed by atoms with Gasteiger partial charge in [-0.2, -0.15) is 4.98 Å². The number of nitrogens with one attached hydrogen (secondary N) is 1. The van der Waals surface area contributed by atoms with Crippen molar-refractivity contribution >= 4 is 45.6 Å². The van der Waals surface area contributed by atoms with Crippen molar-refractivity contribution in [2.45, 2.75) is 0 Å². The fourth-order valence-electron chi connectivity index (χ4n) is 3.81. The standard InChI is InChI=1S/C24H22ClN5/c25-20-11-5-7-13-22(20)29-14-16-30(17-15-29)24-27-21-12-6-4-10-19(21)23(28-24)26-18-8-2-1-3-9-18/h1-13H,14-17H2,(H,26,27,28). The van der Waals surface area contributed by atoms with Crippen molar-refractivity contribution in [3.8, 4) is 0 Å². The van der Waals surface area contributed by atoms with Crippen LogP contribution in [-0.2, 0) is 0 Å². The zero-order chi connectivity index (χ0) is 20.3. The Hall–Kier alpha value is -3.31. The number of hydrogen-bond donors (Lipinski definition) is 1. The van der Waals surface area contributed by atoms with Gasteiger partial charge in [0.15, 0.2) is 0 Å². The van der Waals surface area contributed by atoms with Gasteiger partial charge in [-0.1, -0.05) is 54.1 Å². The lowest BCUT2D eigenvalue weighted by molar-refractivity contribution is 0.641. The smallest absolute Gasteiger partial charge is 0.228 e. The van der Waals surface area contributed by atoms with Crippen LogP contribution in [-0.4, -0.2) is 36.1 Å². The third kappa shape index (κ3) is 3.76. The zero-order valence-electron chi connectivity index (χ0n) is 16.5. The Balaban J connectivity index is 1.42. The summed E-state index contributed by atoms with van der Waals surface area (Å²) in [6.45, 7) is 3.44. The summed E-state index contributed by atoms with van der Waals surface area (Å²) in [4.78, 5) is 14.3. The molecule has 0 amide bonds. The van der Waals surface area contributed by atoms with Crippen LogP contribution in [0.25, 0.3) is 10.9 Å². The summed E-state index contributed by atoms with van der Waals surface area (Å²) in [5, 5.41) is 5.27. The van der Waals surface area contributed by atoms with Crippen LogP contribution in [0.4, 0.5) is 23.1 Å². The van der Waals surface area contributed by atoms with E-state index in [2.05, 4.69) is 27.2 Å². The highest BCUT2D eigenvalue weighted by Crippen LogP contribution is 2.29. The first kappa shape index (κ1) is 18.7. The third-order valence-corrected chi connectivity index (χ3v) is 5.70. The van der Waals surface area contributed by atoms with Crippen LogP contribution in [0.1, 0.15) is 0 Å². The third-order valence-electron chi connectivity index (χ3n) is 5.38. The maximum absolute atomic E-state index is 6.39. The van der Waals surface area contributed by atoms with Crippen LogP contribution >= 0.6 is 11.6 Å². The molecule has 150 valence electrons. The van der Waals surface area contributed by atoms with Crippen molar-refractivity contribution in [2.75, 3.05) is 41.3 Å². The van der Waals surface area contributed by atoms with Crippen molar-refractivity contribution in [1.82, 2.24) is 9.97 Å². The largest absolute Gasteiger partial charge is 0.367 e. The lowest BCUT2D eigenvalue weighted by Gasteiger charge is -2.36. The van der Waals surface area contributed by atoms with E-state index in [1.54, 1.807) is 0 Å². The average Bonchev–Trinajstić information content (AvgIpc) is 2.80. The van der Waals surface area contributed by atoms with Crippen molar-refractivity contribution in [1.29, 1.82) is 0 Å². The normalized spacial score (nSPS) is 14.2. The van der Waals surface area contributed by atoms with E-state index in [9.17, 15) is 0 Å². The van der Waals surface area contributed by atoms with Crippen molar-refractivity contribution in [2.24, 2.45) is 0 Å². The lowest BCUT2D eigenvalue weighted by atomic mass is 10.2. The van der Waals surface area contributed by atoms with Crippen LogP contribution in [0.5, 0.6) is 0 Å². The Kier molecular flexibility index (Phi) is 5.11. The van der Waals surface area contributed by atoms with Gasteiger partial charge in [0.2, 0.25) is 5.95 Å². The first-order chi connectivity index (χ1) is 14.8. The quantitative estimate of drug-likeness (QED) is 0.486. The molecule has 1 aromatic heterocycles. The minimum Gasteiger partial charge on any atom is -0.367 e. The van der Waals surface area contributed by atoms with Gasteiger partial charge in [0.1, 0.15) is 5.82 Å². The molecule has 0 atom stereocenters. The fourth-order valence-corrected chi connectivity index (χ4v) is 4.07. The molecular formula is C24H22ClN5. The van der Waals surface area contributed by atoms with Gasteiger partial charge in [0, 0.05) is 37.3 Å². The number of rotatable bonds is 4. The molecule has 4 aromatic rings. The molecule has 6 heteroatoms. The van der Waals surface area contributed by atoms with Gasteiger partial charge < -0.3 is 15.1 Å². The van der Waals surface area contributed by atoms with Crippen molar-refractivity contribution in [3.63, 3.8) is 0 Å². The number of para-hydroxylation sites is 3. The van der Waals surface area contributed by atoms with Crippen LogP contribution < -0.4 is 15.1 Å². The van der Waals surface area contributed by atoms with E-state index in [4.69, 9.17) is 21.6 Å². The van der Waals surface area contributed by atoms with Gasteiger partial charge in [0.25, 0.3) is 0 Å². The molecule has 1 saturated heterocycles. The van der Waals surface area contributed by atoms with Crippen LogP contribution in [0.15, 0.2) is 78.9 Å². The lowest BCUT2D eigenvalue weighted by Crippen LogP contribution is -2.47. The second-order valence-corrected chi connectivity index (χ2v) is 7.71. The number of aromatic nitrogens is 2. The van der Waals surface area contributed by atoms with E-state index in [0.717, 1.165) is 65.2 Å². The molecule has 1 aliphatic heterocycles. The molecular weight excluding hydrogens is 394 g/mol. The SMILES string of the molecule is Clc1ccccc1N1CCN(c2nc(Nc3ccccc3)c3ccccc3n2)CC1. The van der Waals surface area contributed by atoms with Gasteiger partial charge >= 0.3 is 0 Å². The van der Waals surface area contributed by atoms with E-state index < -0.39 is 0 Å². The molecule has 0 spiro atoms. The van der Waals surface area contributed by atoms with E-state index in [1.807, 2.05) is 66.7 Å². The minimum absolute atomic E-state index is 0.755. The van der Waals surface area contributed by atoms with Gasteiger partial charge in [-0.3, -0.25) is 0 Å². The van der Waals surface area contributed by atoms with Gasteiger partial charge in [-0.25, -0.2) is 4.98 Å². The molecule has 5 nitrogen and oxygen atoms in total. The molecule has 0 unspecified atom stereocenters. The molecule has 0 bridgehead atoms. The molecule has 2 heterocycles. The Labute approximate surface area is 180 Å². The number of benzene rings is 3. The average molecular weight is 416 g/mol. The van der Waals surface area contributed by atoms with Crippen LogP contribution in [0.3, 0.4) is 0 Å². The Morgan fingerprint density at radius 2 is 1.37 bits per heavy atom. The Bertz CT molecular complexity index is 1160. The molecule has 0 aliphatic carbocycles. The topological polar surface area (TPSA) is 44.3 Å². The van der Waals surface area contributed by atoms with Gasteiger partial charge in [-0.05, 0) is 36.4 Å². The van der Waals surface area contributed by atoms with E-state index in [0.29, 0.717) is 0 Å². The Morgan fingerprint density at radius 1 is 0.700 bits per heavy atom. The predicted octanol–water partition coefficient (Wildman–Crippen LogP) is 5.35. The molecule has 1 aliphatic rings. The first-order valence-electron chi connectivity index (χ1n) is 10.1. The van der Waals surface area contributed by atoms with E-state index >= 15 is 0 Å². The Morgan fingerprint density at radius 3 is 2.17 bits per heavy atom. The highest BCUT2D eigenvalue weighted by molar-refractivity contribution is 6.33. The molecule has 0 saturated carbocycles. The summed E-state index contributed by atoms with van der Waals surface area (Å²) in [6.07, 6.45) is 0. The maximum atomic E-state index is 6.39. The number of halogens is 1.